The molecule has 8 heteroatoms. The lowest BCUT2D eigenvalue weighted by atomic mass is 9.96. The molecule has 0 bridgehead atoms. The Labute approximate surface area is 175 Å². The van der Waals surface area contributed by atoms with Crippen LogP contribution in [0.2, 0.25) is 0 Å². The summed E-state index contributed by atoms with van der Waals surface area (Å²) in [5.41, 5.74) is 1.17. The summed E-state index contributed by atoms with van der Waals surface area (Å²) in [7, 11) is 0. The molecule has 2 aliphatic rings. The Bertz CT molecular complexity index is 844. The van der Waals surface area contributed by atoms with E-state index >= 15 is 0 Å². The molecule has 0 spiro atoms. The zero-order chi connectivity index (χ0) is 20.1. The predicted octanol–water partition coefficient (Wildman–Crippen LogP) is 3.45. The smallest absolute Gasteiger partial charge is 0.321 e. The first kappa shape index (κ1) is 19.9. The van der Waals surface area contributed by atoms with Gasteiger partial charge in [0.1, 0.15) is 5.82 Å². The molecule has 29 heavy (non-hydrogen) atoms. The molecule has 1 aromatic heterocycles. The van der Waals surface area contributed by atoms with Gasteiger partial charge < -0.3 is 9.88 Å². The van der Waals surface area contributed by atoms with Gasteiger partial charge in [-0.15, -0.1) is 10.2 Å². The monoisotopic (exact) mass is 413 g/mol. The lowest BCUT2D eigenvalue weighted by Gasteiger charge is -2.22. The van der Waals surface area contributed by atoms with Gasteiger partial charge in [-0.1, -0.05) is 61.4 Å². The quantitative estimate of drug-likeness (QED) is 0.679. The van der Waals surface area contributed by atoms with E-state index in [-0.39, 0.29) is 17.7 Å². The van der Waals surface area contributed by atoms with Crippen LogP contribution >= 0.6 is 11.8 Å². The number of hydrogen-bond acceptors (Lipinski definition) is 5. The highest BCUT2D eigenvalue weighted by atomic mass is 32.2. The Morgan fingerprint density at radius 3 is 2.52 bits per heavy atom. The highest BCUT2D eigenvalue weighted by Crippen LogP contribution is 2.40. The zero-order valence-corrected chi connectivity index (χ0v) is 17.3. The molecule has 1 aromatic carbocycles. The molecule has 2 saturated carbocycles. The largest absolute Gasteiger partial charge is 0.335 e. The number of amides is 3. The number of aromatic nitrogens is 3. The van der Waals surface area contributed by atoms with E-state index in [4.69, 9.17) is 0 Å². The van der Waals surface area contributed by atoms with Crippen molar-refractivity contribution in [1.82, 2.24) is 25.4 Å². The van der Waals surface area contributed by atoms with Crippen molar-refractivity contribution in [3.05, 3.63) is 41.7 Å². The maximum atomic E-state index is 12.2. The summed E-state index contributed by atoms with van der Waals surface area (Å²) >= 11 is 1.33. The summed E-state index contributed by atoms with van der Waals surface area (Å²) in [6.07, 6.45) is 7.75. The number of nitrogens with one attached hydrogen (secondary N) is 2. The first-order valence-electron chi connectivity index (χ1n) is 10.4. The molecule has 154 valence electrons. The third-order valence-electron chi connectivity index (χ3n) is 5.40. The minimum atomic E-state index is -0.396. The maximum absolute atomic E-state index is 12.2. The fourth-order valence-electron chi connectivity index (χ4n) is 3.73. The van der Waals surface area contributed by atoms with Crippen LogP contribution in [0.3, 0.4) is 0 Å². The van der Waals surface area contributed by atoms with Gasteiger partial charge in [0.25, 0.3) is 0 Å². The molecule has 2 fully saturated rings. The van der Waals surface area contributed by atoms with Gasteiger partial charge in [0.15, 0.2) is 5.16 Å². The van der Waals surface area contributed by atoms with Crippen molar-refractivity contribution in [3.8, 4) is 0 Å². The molecular formula is C21H27N5O2S. The molecule has 7 nitrogen and oxygen atoms in total. The van der Waals surface area contributed by atoms with Crippen molar-refractivity contribution in [2.75, 3.05) is 5.75 Å². The van der Waals surface area contributed by atoms with Crippen LogP contribution in [0.4, 0.5) is 4.79 Å². The molecule has 0 aliphatic heterocycles. The number of thioether (sulfide) groups is 1. The highest BCUT2D eigenvalue weighted by Gasteiger charge is 2.30. The molecule has 2 N–H and O–H groups in total. The predicted molar refractivity (Wildman–Crippen MR) is 112 cm³/mol. The van der Waals surface area contributed by atoms with Crippen LogP contribution in [0.1, 0.15) is 62.3 Å². The van der Waals surface area contributed by atoms with Gasteiger partial charge in [-0.05, 0) is 31.2 Å². The molecule has 3 amide bonds. The van der Waals surface area contributed by atoms with E-state index in [1.807, 2.05) is 18.2 Å². The second-order valence-corrected chi connectivity index (χ2v) is 8.77. The number of nitrogens with zero attached hydrogens (tertiary/aromatic N) is 3. The van der Waals surface area contributed by atoms with Crippen molar-refractivity contribution in [2.24, 2.45) is 0 Å². The number of carbonyl (C=O) groups excluding carboxylic acids is 2. The summed E-state index contributed by atoms with van der Waals surface area (Å²) in [6, 6.07) is 9.96. The minimum absolute atomic E-state index is 0.135. The number of hydrogen-bond donors (Lipinski definition) is 2. The fourth-order valence-corrected chi connectivity index (χ4v) is 4.47. The van der Waals surface area contributed by atoms with E-state index in [1.54, 1.807) is 0 Å². The van der Waals surface area contributed by atoms with Gasteiger partial charge in [-0.3, -0.25) is 10.1 Å². The summed E-state index contributed by atoms with van der Waals surface area (Å²) < 4.78 is 2.10. The van der Waals surface area contributed by atoms with E-state index in [0.29, 0.717) is 12.5 Å². The molecule has 2 aliphatic carbocycles. The Morgan fingerprint density at radius 2 is 1.79 bits per heavy atom. The van der Waals surface area contributed by atoms with E-state index in [2.05, 4.69) is 37.5 Å². The molecule has 0 unspecified atom stereocenters. The van der Waals surface area contributed by atoms with Crippen LogP contribution in [-0.2, 0) is 11.3 Å². The molecular weight excluding hydrogens is 386 g/mol. The number of imide groups is 1. The Balaban J connectivity index is 1.33. The van der Waals surface area contributed by atoms with Crippen LogP contribution < -0.4 is 10.6 Å². The number of urea groups is 1. The fraction of sp³-hybridized carbons (Fsp3) is 0.524. The van der Waals surface area contributed by atoms with Gasteiger partial charge in [-0.2, -0.15) is 0 Å². The normalized spacial score (nSPS) is 17.1. The first-order chi connectivity index (χ1) is 14.2. The van der Waals surface area contributed by atoms with Crippen LogP contribution in [0.5, 0.6) is 0 Å². The Morgan fingerprint density at radius 1 is 1.03 bits per heavy atom. The summed E-state index contributed by atoms with van der Waals surface area (Å²) in [5.74, 6) is 1.28. The summed E-state index contributed by atoms with van der Waals surface area (Å²) in [4.78, 5) is 24.3. The van der Waals surface area contributed by atoms with Crippen LogP contribution in [-0.4, -0.2) is 38.5 Å². The Kier molecular flexibility index (Phi) is 6.49. The molecule has 4 rings (SSSR count). The average Bonchev–Trinajstić information content (AvgIpc) is 3.50. The topological polar surface area (TPSA) is 88.9 Å². The van der Waals surface area contributed by atoms with E-state index in [9.17, 15) is 9.59 Å². The van der Waals surface area contributed by atoms with Crippen LogP contribution in [0.15, 0.2) is 35.5 Å². The molecule has 0 radical (unpaired) electrons. The third-order valence-corrected chi connectivity index (χ3v) is 6.36. The molecule has 2 aromatic rings. The van der Waals surface area contributed by atoms with E-state index in [1.165, 1.54) is 23.7 Å². The molecule has 1 heterocycles. The second kappa shape index (κ2) is 9.43. The number of carbonyl (C=O) groups is 2. The Hall–Kier alpha value is -2.35. The molecule has 0 saturated heterocycles. The summed E-state index contributed by atoms with van der Waals surface area (Å²) in [6.45, 7) is 0.686. The van der Waals surface area contributed by atoms with Crippen molar-refractivity contribution < 1.29 is 9.59 Å². The van der Waals surface area contributed by atoms with Crippen LogP contribution in [0.25, 0.3) is 0 Å². The zero-order valence-electron chi connectivity index (χ0n) is 16.5. The summed E-state index contributed by atoms with van der Waals surface area (Å²) in [5, 5.41) is 14.8. The lowest BCUT2D eigenvalue weighted by molar-refractivity contribution is -0.117. The number of benzene rings is 1. The minimum Gasteiger partial charge on any atom is -0.335 e. The average molecular weight is 414 g/mol. The van der Waals surface area contributed by atoms with Gasteiger partial charge >= 0.3 is 6.03 Å². The first-order valence-corrected chi connectivity index (χ1v) is 11.4. The SMILES string of the molecule is O=C(CSc1nnc(C2CC2)n1Cc1ccccc1)NC(=O)NC1CCCCC1. The van der Waals surface area contributed by atoms with Crippen LogP contribution in [0, 0.1) is 0 Å². The van der Waals surface area contributed by atoms with E-state index in [0.717, 1.165) is 49.5 Å². The highest BCUT2D eigenvalue weighted by molar-refractivity contribution is 7.99. The number of rotatable bonds is 7. The second-order valence-electron chi connectivity index (χ2n) is 7.83. The van der Waals surface area contributed by atoms with Crippen molar-refractivity contribution in [1.29, 1.82) is 0 Å². The maximum Gasteiger partial charge on any atom is 0.321 e. The van der Waals surface area contributed by atoms with Gasteiger partial charge in [0.2, 0.25) is 5.91 Å². The van der Waals surface area contributed by atoms with E-state index < -0.39 is 6.03 Å². The van der Waals surface area contributed by atoms with Gasteiger partial charge in [0.05, 0.1) is 12.3 Å². The van der Waals surface area contributed by atoms with Gasteiger partial charge in [-0.25, -0.2) is 4.79 Å². The standard InChI is InChI=1S/C21H27N5O2S/c27-18(23-20(28)22-17-9-5-2-6-10-17)14-29-21-25-24-19(16-11-12-16)26(21)13-15-7-3-1-4-8-15/h1,3-4,7-8,16-17H,2,5-6,9-14H2,(H2,22,23,27,28). The van der Waals surface area contributed by atoms with Gasteiger partial charge in [0, 0.05) is 12.0 Å². The van der Waals surface area contributed by atoms with Crippen molar-refractivity contribution >= 4 is 23.7 Å². The van der Waals surface area contributed by atoms with Crippen molar-refractivity contribution in [2.45, 2.75) is 68.6 Å². The third kappa shape index (κ3) is 5.59. The molecule has 0 atom stereocenters. The van der Waals surface area contributed by atoms with Crippen molar-refractivity contribution in [3.63, 3.8) is 0 Å². The lowest BCUT2D eigenvalue weighted by Crippen LogP contribution is -2.45.